The van der Waals surface area contributed by atoms with E-state index in [0.717, 1.165) is 17.0 Å². The summed E-state index contributed by atoms with van der Waals surface area (Å²) in [5.41, 5.74) is 1.79. The summed E-state index contributed by atoms with van der Waals surface area (Å²) in [7, 11) is 0. The summed E-state index contributed by atoms with van der Waals surface area (Å²) in [4.78, 5) is 26.2. The van der Waals surface area contributed by atoms with E-state index in [1.54, 1.807) is 4.90 Å². The SMILES string of the molecule is CCOc1ccc(CC(=O)N[C@@H]2CC(=O)N(c3ccccc3)C2)cc1. The summed E-state index contributed by atoms with van der Waals surface area (Å²) in [5.74, 6) is 0.765. The molecule has 0 unspecified atom stereocenters. The van der Waals surface area contributed by atoms with Crippen molar-refractivity contribution in [3.63, 3.8) is 0 Å². The number of para-hydroxylation sites is 1. The van der Waals surface area contributed by atoms with Gasteiger partial charge in [-0.1, -0.05) is 30.3 Å². The number of hydrogen-bond acceptors (Lipinski definition) is 3. The minimum absolute atomic E-state index is 0.0394. The van der Waals surface area contributed by atoms with Crippen molar-refractivity contribution in [2.45, 2.75) is 25.8 Å². The van der Waals surface area contributed by atoms with Gasteiger partial charge in [-0.25, -0.2) is 0 Å². The average Bonchev–Trinajstić information content (AvgIpc) is 2.98. The quantitative estimate of drug-likeness (QED) is 0.881. The molecule has 5 nitrogen and oxygen atoms in total. The van der Waals surface area contributed by atoms with Crippen LogP contribution in [0, 0.1) is 0 Å². The molecule has 25 heavy (non-hydrogen) atoms. The number of benzene rings is 2. The Labute approximate surface area is 147 Å². The second-order valence-electron chi connectivity index (χ2n) is 6.06. The number of hydrogen-bond donors (Lipinski definition) is 1. The number of amides is 2. The van der Waals surface area contributed by atoms with Gasteiger partial charge >= 0.3 is 0 Å². The standard InChI is InChI=1S/C20H22N2O3/c1-2-25-18-10-8-15(9-11-18)12-19(23)21-16-13-20(24)22(14-16)17-6-4-3-5-7-17/h3-11,16H,2,12-14H2,1H3,(H,21,23)/t16-/m1/s1. The van der Waals surface area contributed by atoms with Crippen molar-refractivity contribution in [1.29, 1.82) is 0 Å². The van der Waals surface area contributed by atoms with Crippen LogP contribution < -0.4 is 15.0 Å². The van der Waals surface area contributed by atoms with Gasteiger partial charge in [0.15, 0.2) is 0 Å². The summed E-state index contributed by atoms with van der Waals surface area (Å²) >= 11 is 0. The molecular formula is C20H22N2O3. The van der Waals surface area contributed by atoms with Gasteiger partial charge < -0.3 is 15.0 Å². The topological polar surface area (TPSA) is 58.6 Å². The molecule has 2 aromatic carbocycles. The molecule has 0 aromatic heterocycles. The third kappa shape index (κ3) is 4.38. The molecule has 0 aliphatic carbocycles. The molecule has 5 heteroatoms. The van der Waals surface area contributed by atoms with Crippen LogP contribution in [0.4, 0.5) is 5.69 Å². The van der Waals surface area contributed by atoms with Crippen LogP contribution in [0.15, 0.2) is 54.6 Å². The number of rotatable bonds is 6. The number of carbonyl (C=O) groups is 2. The van der Waals surface area contributed by atoms with Crippen LogP contribution in [0.5, 0.6) is 5.75 Å². The number of nitrogens with zero attached hydrogens (tertiary/aromatic N) is 1. The molecule has 2 amide bonds. The fourth-order valence-electron chi connectivity index (χ4n) is 3.00. The molecular weight excluding hydrogens is 316 g/mol. The van der Waals surface area contributed by atoms with Crippen molar-refractivity contribution >= 4 is 17.5 Å². The maximum absolute atomic E-state index is 12.3. The smallest absolute Gasteiger partial charge is 0.229 e. The monoisotopic (exact) mass is 338 g/mol. The predicted molar refractivity (Wildman–Crippen MR) is 96.7 cm³/mol. The van der Waals surface area contributed by atoms with Gasteiger partial charge in [-0.2, -0.15) is 0 Å². The van der Waals surface area contributed by atoms with Crippen molar-refractivity contribution in [3.05, 3.63) is 60.2 Å². The summed E-state index contributed by atoms with van der Waals surface area (Å²) in [5, 5.41) is 2.96. The highest BCUT2D eigenvalue weighted by molar-refractivity contribution is 5.96. The fraction of sp³-hybridized carbons (Fsp3) is 0.300. The molecule has 1 saturated heterocycles. The molecule has 1 N–H and O–H groups in total. The molecule has 1 aliphatic rings. The van der Waals surface area contributed by atoms with Crippen LogP contribution >= 0.6 is 0 Å². The van der Waals surface area contributed by atoms with Gasteiger partial charge in [0.1, 0.15) is 5.75 Å². The largest absolute Gasteiger partial charge is 0.494 e. The molecule has 3 rings (SSSR count). The Morgan fingerprint density at radius 1 is 1.16 bits per heavy atom. The van der Waals surface area contributed by atoms with E-state index in [9.17, 15) is 9.59 Å². The lowest BCUT2D eigenvalue weighted by Crippen LogP contribution is -2.38. The first kappa shape index (κ1) is 17.0. The minimum Gasteiger partial charge on any atom is -0.494 e. The summed E-state index contributed by atoms with van der Waals surface area (Å²) in [6, 6.07) is 16.9. The third-order valence-electron chi connectivity index (χ3n) is 4.16. The van der Waals surface area contributed by atoms with E-state index in [-0.39, 0.29) is 17.9 Å². The molecule has 0 radical (unpaired) electrons. The van der Waals surface area contributed by atoms with Gasteiger partial charge in [-0.15, -0.1) is 0 Å². The molecule has 1 fully saturated rings. The van der Waals surface area contributed by atoms with Gasteiger partial charge in [0.2, 0.25) is 11.8 Å². The second kappa shape index (κ2) is 7.83. The highest BCUT2D eigenvalue weighted by atomic mass is 16.5. The van der Waals surface area contributed by atoms with Crippen molar-refractivity contribution in [2.75, 3.05) is 18.1 Å². The van der Waals surface area contributed by atoms with Gasteiger partial charge in [-0.05, 0) is 36.8 Å². The first-order valence-corrected chi connectivity index (χ1v) is 8.52. The molecule has 0 spiro atoms. The Hall–Kier alpha value is -2.82. The highest BCUT2D eigenvalue weighted by Gasteiger charge is 2.31. The Balaban J connectivity index is 1.54. The van der Waals surface area contributed by atoms with Crippen LogP contribution in [-0.4, -0.2) is 31.0 Å². The summed E-state index contributed by atoms with van der Waals surface area (Å²) in [6.07, 6.45) is 0.631. The van der Waals surface area contributed by atoms with Crippen molar-refractivity contribution < 1.29 is 14.3 Å². The van der Waals surface area contributed by atoms with E-state index >= 15 is 0 Å². The van der Waals surface area contributed by atoms with E-state index in [1.807, 2.05) is 61.5 Å². The Bertz CT molecular complexity index is 728. The number of carbonyl (C=O) groups excluding carboxylic acids is 2. The fourth-order valence-corrected chi connectivity index (χ4v) is 3.00. The first-order valence-electron chi connectivity index (χ1n) is 8.52. The van der Waals surface area contributed by atoms with E-state index in [2.05, 4.69) is 5.32 Å². The molecule has 1 atom stereocenters. The highest BCUT2D eigenvalue weighted by Crippen LogP contribution is 2.21. The third-order valence-corrected chi connectivity index (χ3v) is 4.16. The zero-order valence-electron chi connectivity index (χ0n) is 14.3. The lowest BCUT2D eigenvalue weighted by Gasteiger charge is -2.17. The molecule has 130 valence electrons. The van der Waals surface area contributed by atoms with Crippen LogP contribution in [0.25, 0.3) is 0 Å². The maximum Gasteiger partial charge on any atom is 0.229 e. The molecule has 0 saturated carbocycles. The van der Waals surface area contributed by atoms with E-state index in [4.69, 9.17) is 4.74 Å². The maximum atomic E-state index is 12.3. The Kier molecular flexibility index (Phi) is 5.33. The first-order chi connectivity index (χ1) is 12.2. The minimum atomic E-state index is -0.150. The van der Waals surface area contributed by atoms with Crippen molar-refractivity contribution in [3.8, 4) is 5.75 Å². The Morgan fingerprint density at radius 3 is 2.56 bits per heavy atom. The average molecular weight is 338 g/mol. The number of nitrogens with one attached hydrogen (secondary N) is 1. The van der Waals surface area contributed by atoms with E-state index in [0.29, 0.717) is 26.0 Å². The Morgan fingerprint density at radius 2 is 1.88 bits per heavy atom. The predicted octanol–water partition coefficient (Wildman–Crippen LogP) is 2.55. The second-order valence-corrected chi connectivity index (χ2v) is 6.06. The molecule has 0 bridgehead atoms. The molecule has 1 heterocycles. The molecule has 1 aliphatic heterocycles. The zero-order chi connectivity index (χ0) is 17.6. The number of ether oxygens (including phenoxy) is 1. The van der Waals surface area contributed by atoms with Gasteiger partial charge in [0.25, 0.3) is 0 Å². The van der Waals surface area contributed by atoms with Crippen LogP contribution in [0.3, 0.4) is 0 Å². The summed E-state index contributed by atoms with van der Waals surface area (Å²) in [6.45, 7) is 3.06. The van der Waals surface area contributed by atoms with Gasteiger partial charge in [-0.3, -0.25) is 9.59 Å². The van der Waals surface area contributed by atoms with Gasteiger partial charge in [0.05, 0.1) is 19.1 Å². The lowest BCUT2D eigenvalue weighted by atomic mass is 10.1. The van der Waals surface area contributed by atoms with Crippen LogP contribution in [0.1, 0.15) is 18.9 Å². The number of anilines is 1. The molecule has 2 aromatic rings. The van der Waals surface area contributed by atoms with Crippen LogP contribution in [-0.2, 0) is 16.0 Å². The van der Waals surface area contributed by atoms with E-state index in [1.165, 1.54) is 0 Å². The van der Waals surface area contributed by atoms with Gasteiger partial charge in [0, 0.05) is 18.7 Å². The lowest BCUT2D eigenvalue weighted by molar-refractivity contribution is -0.121. The summed E-state index contributed by atoms with van der Waals surface area (Å²) < 4.78 is 5.40. The zero-order valence-corrected chi connectivity index (χ0v) is 14.3. The van der Waals surface area contributed by atoms with Crippen LogP contribution in [0.2, 0.25) is 0 Å². The van der Waals surface area contributed by atoms with E-state index < -0.39 is 0 Å². The van der Waals surface area contributed by atoms with Crippen molar-refractivity contribution in [1.82, 2.24) is 5.32 Å². The normalized spacial score (nSPS) is 16.8. The van der Waals surface area contributed by atoms with Crippen molar-refractivity contribution in [2.24, 2.45) is 0 Å².